The Morgan fingerprint density at radius 1 is 1.42 bits per heavy atom. The van der Waals surface area contributed by atoms with Crippen molar-refractivity contribution in [2.45, 2.75) is 6.17 Å². The normalized spacial score (nSPS) is 19.2. The molecule has 0 fully saturated rings. The second-order valence-electron chi connectivity index (χ2n) is 2.43. The van der Waals surface area contributed by atoms with E-state index in [0.717, 1.165) is 0 Å². The quantitative estimate of drug-likeness (QED) is 0.469. The van der Waals surface area contributed by atoms with E-state index < -0.39 is 11.1 Å². The molecule has 5 nitrogen and oxygen atoms in total. The third kappa shape index (κ3) is 0.868. The van der Waals surface area contributed by atoms with Crippen LogP contribution in [0.3, 0.4) is 0 Å². The van der Waals surface area contributed by atoms with Crippen molar-refractivity contribution >= 4 is 5.69 Å². The average Bonchev–Trinajstić information content (AvgIpc) is 2.47. The summed E-state index contributed by atoms with van der Waals surface area (Å²) in [6.07, 6.45) is -0.999. The minimum absolute atomic E-state index is 0.449. The number of nitrogens with zero attached hydrogens (tertiary/aromatic N) is 3. The third-order valence-electron chi connectivity index (χ3n) is 1.69. The first-order chi connectivity index (χ1) is 5.79. The molecule has 2 rings (SSSR count). The lowest BCUT2D eigenvalue weighted by atomic mass is 10.1. The molecule has 5 heteroatoms. The number of hydrogen-bond donors (Lipinski definition) is 0. The van der Waals surface area contributed by atoms with Crippen LogP contribution in [0.1, 0.15) is 11.7 Å². The molecular formula is C7H5N3O2. The van der Waals surface area contributed by atoms with Gasteiger partial charge in [-0.05, 0) is 12.1 Å². The van der Waals surface area contributed by atoms with Gasteiger partial charge < -0.3 is 0 Å². The van der Waals surface area contributed by atoms with E-state index >= 15 is 0 Å². The molecule has 0 amide bonds. The van der Waals surface area contributed by atoms with Gasteiger partial charge in [-0.2, -0.15) is 0 Å². The van der Waals surface area contributed by atoms with Crippen LogP contribution in [0, 0.1) is 10.1 Å². The fourth-order valence-electron chi connectivity index (χ4n) is 1.13. The predicted molar refractivity (Wildman–Crippen MR) is 40.7 cm³/mol. The molecule has 0 N–H and O–H groups in total. The molecular weight excluding hydrogens is 158 g/mol. The average molecular weight is 163 g/mol. The van der Waals surface area contributed by atoms with Crippen LogP contribution in [-0.4, -0.2) is 4.92 Å². The molecule has 1 aliphatic rings. The minimum Gasteiger partial charge on any atom is -0.262 e. The summed E-state index contributed by atoms with van der Waals surface area (Å²) in [4.78, 5) is 9.97. The van der Waals surface area contributed by atoms with E-state index in [4.69, 9.17) is 0 Å². The van der Waals surface area contributed by atoms with Gasteiger partial charge in [-0.25, -0.2) is 0 Å². The maximum absolute atomic E-state index is 10.4. The first-order valence-electron chi connectivity index (χ1n) is 3.42. The Morgan fingerprint density at radius 3 is 2.92 bits per heavy atom. The van der Waals surface area contributed by atoms with Gasteiger partial charge in [-0.3, -0.25) is 10.1 Å². The van der Waals surface area contributed by atoms with E-state index in [1.807, 2.05) is 0 Å². The Bertz CT molecular complexity index is 361. The van der Waals surface area contributed by atoms with Crippen LogP contribution in [0.2, 0.25) is 0 Å². The van der Waals surface area contributed by atoms with Crippen molar-refractivity contribution in [2.24, 2.45) is 10.2 Å². The second kappa shape index (κ2) is 2.37. The molecule has 60 valence electrons. The topological polar surface area (TPSA) is 67.9 Å². The first kappa shape index (κ1) is 6.90. The van der Waals surface area contributed by atoms with E-state index in [-0.39, 0.29) is 0 Å². The molecule has 12 heavy (non-hydrogen) atoms. The highest BCUT2D eigenvalue weighted by atomic mass is 16.6. The summed E-state index contributed by atoms with van der Waals surface area (Å²) < 4.78 is 0. The van der Waals surface area contributed by atoms with Crippen molar-refractivity contribution in [1.82, 2.24) is 0 Å². The molecule has 0 aliphatic carbocycles. The SMILES string of the molecule is O=[N+]([O-])C1N=Nc2ccccc21. The van der Waals surface area contributed by atoms with Crippen molar-refractivity contribution in [1.29, 1.82) is 0 Å². The van der Waals surface area contributed by atoms with Gasteiger partial charge in [0, 0.05) is 0 Å². The van der Waals surface area contributed by atoms with Gasteiger partial charge in [0.15, 0.2) is 0 Å². The molecule has 0 radical (unpaired) electrons. The Kier molecular flexibility index (Phi) is 1.36. The summed E-state index contributed by atoms with van der Waals surface area (Å²) in [5.41, 5.74) is 1.17. The smallest absolute Gasteiger partial charge is 0.262 e. The highest BCUT2D eigenvalue weighted by Crippen LogP contribution is 2.34. The van der Waals surface area contributed by atoms with Crippen LogP contribution in [-0.2, 0) is 0 Å². The number of benzene rings is 1. The fourth-order valence-corrected chi connectivity index (χ4v) is 1.13. The van der Waals surface area contributed by atoms with Crippen LogP contribution < -0.4 is 0 Å². The molecule has 0 aromatic heterocycles. The van der Waals surface area contributed by atoms with Crippen molar-refractivity contribution in [3.8, 4) is 0 Å². The summed E-state index contributed by atoms with van der Waals surface area (Å²) >= 11 is 0. The van der Waals surface area contributed by atoms with Crippen molar-refractivity contribution < 1.29 is 4.92 Å². The number of azo groups is 1. The van der Waals surface area contributed by atoms with Crippen LogP contribution in [0.25, 0.3) is 0 Å². The predicted octanol–water partition coefficient (Wildman–Crippen LogP) is 2.06. The lowest BCUT2D eigenvalue weighted by Gasteiger charge is -1.97. The molecule has 0 saturated heterocycles. The van der Waals surface area contributed by atoms with Crippen molar-refractivity contribution in [2.75, 3.05) is 0 Å². The van der Waals surface area contributed by atoms with Gasteiger partial charge in [0.05, 0.1) is 16.2 Å². The van der Waals surface area contributed by atoms with E-state index in [9.17, 15) is 10.1 Å². The minimum atomic E-state index is -0.999. The van der Waals surface area contributed by atoms with E-state index in [1.165, 1.54) is 0 Å². The van der Waals surface area contributed by atoms with Crippen LogP contribution >= 0.6 is 0 Å². The molecule has 1 unspecified atom stereocenters. The number of fused-ring (bicyclic) bond motifs is 1. The summed E-state index contributed by atoms with van der Waals surface area (Å²) in [5.74, 6) is 0. The Balaban J connectivity index is 2.49. The standard InChI is InChI=1S/C7H5N3O2/c11-10(12)7-5-3-1-2-4-6(5)8-9-7/h1-4,7H. The van der Waals surface area contributed by atoms with E-state index in [0.29, 0.717) is 11.3 Å². The van der Waals surface area contributed by atoms with Gasteiger partial charge >= 0.3 is 6.17 Å². The van der Waals surface area contributed by atoms with Crippen molar-refractivity contribution in [3.05, 3.63) is 39.9 Å². The highest BCUT2D eigenvalue weighted by Gasteiger charge is 2.29. The first-order valence-corrected chi connectivity index (χ1v) is 3.42. The zero-order chi connectivity index (χ0) is 8.55. The molecule has 1 aliphatic heterocycles. The van der Waals surface area contributed by atoms with Gasteiger partial charge in [0.2, 0.25) is 0 Å². The Morgan fingerprint density at radius 2 is 2.17 bits per heavy atom. The number of rotatable bonds is 1. The monoisotopic (exact) mass is 163 g/mol. The number of nitro groups is 1. The maximum Gasteiger partial charge on any atom is 0.348 e. The van der Waals surface area contributed by atoms with Gasteiger partial charge in [0.1, 0.15) is 0 Å². The van der Waals surface area contributed by atoms with E-state index in [2.05, 4.69) is 10.2 Å². The maximum atomic E-state index is 10.4. The lowest BCUT2D eigenvalue weighted by molar-refractivity contribution is -0.526. The molecule has 1 heterocycles. The Labute approximate surface area is 67.9 Å². The van der Waals surface area contributed by atoms with Crippen LogP contribution in [0.15, 0.2) is 34.5 Å². The zero-order valence-electron chi connectivity index (χ0n) is 6.04. The Hall–Kier alpha value is -1.78. The highest BCUT2D eigenvalue weighted by molar-refractivity contribution is 5.48. The fraction of sp³-hybridized carbons (Fsp3) is 0.143. The van der Waals surface area contributed by atoms with Gasteiger partial charge in [-0.1, -0.05) is 12.1 Å². The van der Waals surface area contributed by atoms with Crippen LogP contribution in [0.5, 0.6) is 0 Å². The molecule has 0 bridgehead atoms. The second-order valence-corrected chi connectivity index (χ2v) is 2.43. The van der Waals surface area contributed by atoms with Crippen LogP contribution in [0.4, 0.5) is 5.69 Å². The summed E-state index contributed by atoms with van der Waals surface area (Å²) in [7, 11) is 0. The summed E-state index contributed by atoms with van der Waals surface area (Å²) in [6.45, 7) is 0. The van der Waals surface area contributed by atoms with Gasteiger partial charge in [-0.15, -0.1) is 10.2 Å². The molecule has 1 aromatic rings. The summed E-state index contributed by atoms with van der Waals surface area (Å²) in [6, 6.07) is 6.90. The molecule has 1 aromatic carbocycles. The van der Waals surface area contributed by atoms with Crippen molar-refractivity contribution in [3.63, 3.8) is 0 Å². The molecule has 0 saturated carbocycles. The summed E-state index contributed by atoms with van der Waals surface area (Å²) in [5, 5.41) is 17.6. The third-order valence-corrected chi connectivity index (χ3v) is 1.69. The van der Waals surface area contributed by atoms with Gasteiger partial charge in [0.25, 0.3) is 0 Å². The zero-order valence-corrected chi connectivity index (χ0v) is 6.04. The molecule has 0 spiro atoms. The number of hydrogen-bond acceptors (Lipinski definition) is 4. The molecule has 1 atom stereocenters. The van der Waals surface area contributed by atoms with E-state index in [1.54, 1.807) is 24.3 Å². The largest absolute Gasteiger partial charge is 0.348 e. The lowest BCUT2D eigenvalue weighted by Crippen LogP contribution is -2.04.